The summed E-state index contributed by atoms with van der Waals surface area (Å²) in [6, 6.07) is 7.48. The number of nitrogens with one attached hydrogen (secondary N) is 2. The van der Waals surface area contributed by atoms with E-state index >= 15 is 0 Å². The maximum Gasteiger partial charge on any atom is 0.238 e. The van der Waals surface area contributed by atoms with Crippen molar-refractivity contribution < 1.29 is 8.42 Å². The van der Waals surface area contributed by atoms with E-state index in [4.69, 9.17) is 5.14 Å². The normalized spacial score (nSPS) is 21.5. The van der Waals surface area contributed by atoms with E-state index in [2.05, 4.69) is 41.3 Å². The molecule has 2 unspecified atom stereocenters. The summed E-state index contributed by atoms with van der Waals surface area (Å²) in [6.07, 6.45) is 0. The van der Waals surface area contributed by atoms with Crippen LogP contribution >= 0.6 is 24.0 Å². The summed E-state index contributed by atoms with van der Waals surface area (Å²) < 4.78 is 22.9. The first-order chi connectivity index (χ1) is 11.7. The Hall–Kier alpha value is -0.910. The number of nitrogens with zero attached hydrogens (tertiary/aromatic N) is 2. The fourth-order valence-corrected chi connectivity index (χ4v) is 3.59. The highest BCUT2D eigenvalue weighted by molar-refractivity contribution is 14.0. The van der Waals surface area contributed by atoms with E-state index in [1.807, 2.05) is 6.07 Å². The van der Waals surface area contributed by atoms with Crippen LogP contribution < -0.4 is 15.8 Å². The minimum atomic E-state index is -3.69. The zero-order valence-electron chi connectivity index (χ0n) is 15.8. The number of hydrogen-bond acceptors (Lipinski definition) is 4. The lowest BCUT2D eigenvalue weighted by molar-refractivity contribution is 0.265. The summed E-state index contributed by atoms with van der Waals surface area (Å²) in [5.74, 6) is 1.25. The topological polar surface area (TPSA) is 99.8 Å². The van der Waals surface area contributed by atoms with Gasteiger partial charge in [-0.25, -0.2) is 13.6 Å². The molecule has 1 aliphatic heterocycles. The summed E-state index contributed by atoms with van der Waals surface area (Å²) >= 11 is 0. The third kappa shape index (κ3) is 6.36. The van der Waals surface area contributed by atoms with Gasteiger partial charge in [-0.15, -0.1) is 24.0 Å². The van der Waals surface area contributed by atoms with Crippen LogP contribution in [0.15, 0.2) is 34.2 Å². The van der Waals surface area contributed by atoms with Gasteiger partial charge in [-0.3, -0.25) is 9.89 Å². The molecule has 1 aliphatic rings. The third-order valence-corrected chi connectivity index (χ3v) is 5.51. The maximum atomic E-state index is 11.4. The van der Waals surface area contributed by atoms with Crippen molar-refractivity contribution in [3.8, 4) is 0 Å². The van der Waals surface area contributed by atoms with Crippen LogP contribution in [0.4, 0.5) is 0 Å². The van der Waals surface area contributed by atoms with Crippen LogP contribution in [0.1, 0.15) is 26.3 Å². The van der Waals surface area contributed by atoms with E-state index in [0.717, 1.165) is 18.7 Å². The first kappa shape index (κ1) is 23.1. The number of sulfonamides is 1. The number of halogens is 1. The highest BCUT2D eigenvalue weighted by Gasteiger charge is 2.31. The van der Waals surface area contributed by atoms with Crippen LogP contribution in [-0.4, -0.2) is 51.5 Å². The molecular formula is C17H30IN5O2S. The van der Waals surface area contributed by atoms with E-state index in [1.54, 1.807) is 19.2 Å². The van der Waals surface area contributed by atoms with Gasteiger partial charge in [0, 0.05) is 38.8 Å². The standard InChI is InChI=1S/C17H29N5O2S.HI/c1-12(2)22-10-13(3)16(11-22)21-17(19-4)20-9-14-6-5-7-15(8-14)25(18,23)24;/h5-8,12-13,16H,9-11H2,1-4H3,(H2,18,23,24)(H2,19,20,21);1H. The molecule has 7 nitrogen and oxygen atoms in total. The number of guanidine groups is 1. The second kappa shape index (κ2) is 9.86. The number of nitrogens with two attached hydrogens (primary N) is 1. The van der Waals surface area contributed by atoms with E-state index in [-0.39, 0.29) is 28.9 Å². The molecule has 0 amide bonds. The largest absolute Gasteiger partial charge is 0.352 e. The first-order valence-electron chi connectivity index (χ1n) is 8.53. The van der Waals surface area contributed by atoms with E-state index < -0.39 is 10.0 Å². The van der Waals surface area contributed by atoms with Gasteiger partial charge in [0.2, 0.25) is 10.0 Å². The summed E-state index contributed by atoms with van der Waals surface area (Å²) in [6.45, 7) is 9.19. The highest BCUT2D eigenvalue weighted by atomic mass is 127. The zero-order chi connectivity index (χ0) is 18.6. The molecule has 1 fully saturated rings. The summed E-state index contributed by atoms with van der Waals surface area (Å²) in [5.41, 5.74) is 0.831. The molecule has 0 bridgehead atoms. The Morgan fingerprint density at radius 3 is 2.62 bits per heavy atom. The van der Waals surface area contributed by atoms with Crippen molar-refractivity contribution in [3.63, 3.8) is 0 Å². The highest BCUT2D eigenvalue weighted by Crippen LogP contribution is 2.18. The molecule has 2 atom stereocenters. The molecule has 0 aromatic heterocycles. The second-order valence-electron chi connectivity index (χ2n) is 6.89. The smallest absolute Gasteiger partial charge is 0.238 e. The molecule has 1 heterocycles. The van der Waals surface area contributed by atoms with Gasteiger partial charge in [-0.1, -0.05) is 19.1 Å². The molecule has 0 aliphatic carbocycles. The van der Waals surface area contributed by atoms with Crippen molar-refractivity contribution in [2.24, 2.45) is 16.0 Å². The average molecular weight is 495 g/mol. The van der Waals surface area contributed by atoms with Gasteiger partial charge in [0.05, 0.1) is 4.90 Å². The maximum absolute atomic E-state index is 11.4. The lowest BCUT2D eigenvalue weighted by Crippen LogP contribution is -2.46. The Morgan fingerprint density at radius 2 is 2.08 bits per heavy atom. The number of rotatable bonds is 5. The molecule has 1 aromatic carbocycles. The number of aliphatic imine (C=N–C) groups is 1. The van der Waals surface area contributed by atoms with Gasteiger partial charge < -0.3 is 10.6 Å². The zero-order valence-corrected chi connectivity index (χ0v) is 18.9. The summed E-state index contributed by atoms with van der Waals surface area (Å²) in [4.78, 5) is 6.84. The molecule has 0 radical (unpaired) electrons. The van der Waals surface area contributed by atoms with Crippen molar-refractivity contribution in [1.29, 1.82) is 0 Å². The van der Waals surface area contributed by atoms with E-state index in [9.17, 15) is 8.42 Å². The number of primary sulfonamides is 1. The van der Waals surface area contributed by atoms with Gasteiger partial charge in [-0.05, 0) is 37.5 Å². The predicted octanol–water partition coefficient (Wildman–Crippen LogP) is 1.35. The van der Waals surface area contributed by atoms with Gasteiger partial charge in [0.15, 0.2) is 5.96 Å². The summed E-state index contributed by atoms with van der Waals surface area (Å²) in [5, 5.41) is 11.9. The Balaban J connectivity index is 0.00000338. The van der Waals surface area contributed by atoms with E-state index in [0.29, 0.717) is 30.5 Å². The van der Waals surface area contributed by atoms with Crippen molar-refractivity contribution in [2.75, 3.05) is 20.1 Å². The Labute approximate surface area is 173 Å². The van der Waals surface area contributed by atoms with Crippen LogP contribution in [-0.2, 0) is 16.6 Å². The lowest BCUT2D eigenvalue weighted by atomic mass is 10.1. The number of benzene rings is 1. The minimum Gasteiger partial charge on any atom is -0.352 e. The predicted molar refractivity (Wildman–Crippen MR) is 116 cm³/mol. The quantitative estimate of drug-likeness (QED) is 0.326. The molecule has 148 valence electrons. The Morgan fingerprint density at radius 1 is 1.38 bits per heavy atom. The fourth-order valence-electron chi connectivity index (χ4n) is 3.00. The van der Waals surface area contributed by atoms with Crippen molar-refractivity contribution in [1.82, 2.24) is 15.5 Å². The van der Waals surface area contributed by atoms with Gasteiger partial charge in [0.1, 0.15) is 0 Å². The molecular weight excluding hydrogens is 465 g/mol. The van der Waals surface area contributed by atoms with E-state index in [1.165, 1.54) is 6.07 Å². The molecule has 2 rings (SSSR count). The third-order valence-electron chi connectivity index (χ3n) is 4.60. The van der Waals surface area contributed by atoms with Crippen LogP contribution in [0.25, 0.3) is 0 Å². The van der Waals surface area contributed by atoms with Crippen LogP contribution in [0, 0.1) is 5.92 Å². The van der Waals surface area contributed by atoms with Crippen molar-refractivity contribution >= 4 is 40.0 Å². The number of hydrogen-bond donors (Lipinski definition) is 3. The van der Waals surface area contributed by atoms with Gasteiger partial charge >= 0.3 is 0 Å². The molecule has 1 aromatic rings. The van der Waals surface area contributed by atoms with Crippen LogP contribution in [0.5, 0.6) is 0 Å². The van der Waals surface area contributed by atoms with Crippen molar-refractivity contribution in [2.45, 2.75) is 44.3 Å². The lowest BCUT2D eigenvalue weighted by Gasteiger charge is -2.22. The minimum absolute atomic E-state index is 0. The molecule has 26 heavy (non-hydrogen) atoms. The molecule has 0 saturated carbocycles. The molecule has 9 heteroatoms. The summed E-state index contributed by atoms with van der Waals surface area (Å²) in [7, 11) is -1.96. The van der Waals surface area contributed by atoms with Crippen LogP contribution in [0.3, 0.4) is 0 Å². The first-order valence-corrected chi connectivity index (χ1v) is 10.1. The SMILES string of the molecule is CN=C(NCc1cccc(S(N)(=O)=O)c1)NC1CN(C(C)C)CC1C.I. The monoisotopic (exact) mass is 495 g/mol. The molecule has 4 N–H and O–H groups in total. The average Bonchev–Trinajstić information content (AvgIpc) is 2.92. The Kier molecular flexibility index (Phi) is 8.77. The van der Waals surface area contributed by atoms with Crippen LogP contribution in [0.2, 0.25) is 0 Å². The second-order valence-corrected chi connectivity index (χ2v) is 8.46. The molecule has 0 spiro atoms. The van der Waals surface area contributed by atoms with Gasteiger partial charge in [0.25, 0.3) is 0 Å². The fraction of sp³-hybridized carbons (Fsp3) is 0.588. The van der Waals surface area contributed by atoms with Gasteiger partial charge in [-0.2, -0.15) is 0 Å². The Bertz CT molecular complexity index is 724. The number of likely N-dealkylation sites (tertiary alicyclic amines) is 1. The molecule has 1 saturated heterocycles. The van der Waals surface area contributed by atoms with Crippen molar-refractivity contribution in [3.05, 3.63) is 29.8 Å².